The Hall–Kier alpha value is -1.61. The molecule has 0 aromatic heterocycles. The number of benzene rings is 1. The summed E-state index contributed by atoms with van der Waals surface area (Å²) in [6.07, 6.45) is 4.10. The Morgan fingerprint density at radius 1 is 1.17 bits per heavy atom. The van der Waals surface area contributed by atoms with Crippen molar-refractivity contribution >= 4 is 11.6 Å². The van der Waals surface area contributed by atoms with Crippen molar-refractivity contribution in [3.8, 4) is 0 Å². The third kappa shape index (κ3) is 5.21. The Labute approximate surface area is 145 Å². The minimum Gasteiger partial charge on any atom is -0.402 e. The van der Waals surface area contributed by atoms with Gasteiger partial charge in [0.05, 0.1) is 11.4 Å². The molecule has 0 atom stereocenters. The van der Waals surface area contributed by atoms with Crippen LogP contribution < -0.4 is 16.8 Å². The van der Waals surface area contributed by atoms with Crippen LogP contribution >= 0.6 is 11.6 Å². The molecule has 0 amide bonds. The summed E-state index contributed by atoms with van der Waals surface area (Å²) in [6.45, 7) is 10.1. The van der Waals surface area contributed by atoms with Crippen LogP contribution in [-0.2, 0) is 5.54 Å². The highest BCUT2D eigenvalue weighted by Gasteiger charge is 2.44. The molecule has 3 nitrogen and oxygen atoms in total. The van der Waals surface area contributed by atoms with Gasteiger partial charge in [0.25, 0.3) is 0 Å². The van der Waals surface area contributed by atoms with E-state index in [1.165, 1.54) is 5.56 Å². The van der Waals surface area contributed by atoms with Gasteiger partial charge in [-0.15, -0.1) is 0 Å². The zero-order valence-electron chi connectivity index (χ0n) is 14.9. The lowest BCUT2D eigenvalue weighted by Crippen LogP contribution is -2.32. The standard InChI is InChI=1S/C17H24ClN3.C2H6/c1-11(2)15(19)10-12(3)16(20)21-17(8-9-17)13-4-6-14(18)7-5-13;1-2/h4-7,10-11,21H,8-9,19-20H2,1-3H3;1-2H3/b15-10-,16-12+;. The summed E-state index contributed by atoms with van der Waals surface area (Å²) < 4.78 is 0. The monoisotopic (exact) mass is 335 g/mol. The number of hydrogen-bond acceptors (Lipinski definition) is 3. The molecule has 23 heavy (non-hydrogen) atoms. The molecule has 2 rings (SSSR count). The third-order valence-corrected chi connectivity index (χ3v) is 4.25. The first-order chi connectivity index (χ1) is 10.8. The van der Waals surface area contributed by atoms with Gasteiger partial charge < -0.3 is 16.8 Å². The molecule has 1 aromatic rings. The average Bonchev–Trinajstić information content (AvgIpc) is 3.30. The summed E-state index contributed by atoms with van der Waals surface area (Å²) in [6, 6.07) is 7.95. The minimum absolute atomic E-state index is 0.0453. The first kappa shape index (κ1) is 19.4. The van der Waals surface area contributed by atoms with Gasteiger partial charge in [-0.1, -0.05) is 51.4 Å². The lowest BCUT2D eigenvalue weighted by molar-refractivity contribution is 0.580. The van der Waals surface area contributed by atoms with Crippen LogP contribution in [0.25, 0.3) is 0 Å². The first-order valence-corrected chi connectivity index (χ1v) is 8.69. The van der Waals surface area contributed by atoms with E-state index >= 15 is 0 Å². The number of halogens is 1. The number of nitrogens with two attached hydrogens (primary N) is 2. The molecular formula is C19H30ClN3. The van der Waals surface area contributed by atoms with Crippen LogP contribution in [0.1, 0.15) is 53.0 Å². The van der Waals surface area contributed by atoms with Gasteiger partial charge >= 0.3 is 0 Å². The summed E-state index contributed by atoms with van der Waals surface area (Å²) >= 11 is 5.95. The van der Waals surface area contributed by atoms with Crippen LogP contribution in [0.4, 0.5) is 0 Å². The van der Waals surface area contributed by atoms with Crippen LogP contribution in [0.5, 0.6) is 0 Å². The molecular weight excluding hydrogens is 306 g/mol. The van der Waals surface area contributed by atoms with E-state index in [0.717, 1.165) is 29.1 Å². The highest BCUT2D eigenvalue weighted by atomic mass is 35.5. The Kier molecular flexibility index (Phi) is 7.01. The van der Waals surface area contributed by atoms with Crippen molar-refractivity contribution in [2.45, 2.75) is 53.0 Å². The normalized spacial score (nSPS) is 17.1. The van der Waals surface area contributed by atoms with Gasteiger partial charge in [-0.25, -0.2) is 0 Å². The summed E-state index contributed by atoms with van der Waals surface area (Å²) in [5.41, 5.74) is 15.2. The van der Waals surface area contributed by atoms with Crippen molar-refractivity contribution in [1.82, 2.24) is 5.32 Å². The maximum absolute atomic E-state index is 6.20. The Bertz CT molecular complexity index is 567. The molecule has 1 aliphatic carbocycles. The van der Waals surface area contributed by atoms with Crippen LogP contribution in [0.15, 0.2) is 47.4 Å². The van der Waals surface area contributed by atoms with Gasteiger partial charge in [0.1, 0.15) is 0 Å². The van der Waals surface area contributed by atoms with Crippen molar-refractivity contribution in [3.05, 3.63) is 58.0 Å². The van der Waals surface area contributed by atoms with Crippen LogP contribution in [0, 0.1) is 5.92 Å². The number of rotatable bonds is 5. The third-order valence-electron chi connectivity index (χ3n) is 4.00. The van der Waals surface area contributed by atoms with Crippen molar-refractivity contribution in [2.24, 2.45) is 17.4 Å². The van der Waals surface area contributed by atoms with E-state index < -0.39 is 0 Å². The summed E-state index contributed by atoms with van der Waals surface area (Å²) in [4.78, 5) is 0. The van der Waals surface area contributed by atoms with Gasteiger partial charge in [0.15, 0.2) is 0 Å². The molecule has 4 heteroatoms. The molecule has 1 aliphatic rings. The van der Waals surface area contributed by atoms with E-state index in [1.54, 1.807) is 0 Å². The zero-order valence-corrected chi connectivity index (χ0v) is 15.7. The molecule has 5 N–H and O–H groups in total. The van der Waals surface area contributed by atoms with Gasteiger partial charge in [-0.2, -0.15) is 0 Å². The highest BCUT2D eigenvalue weighted by molar-refractivity contribution is 6.30. The maximum Gasteiger partial charge on any atom is 0.0997 e. The molecule has 1 aromatic carbocycles. The SMILES string of the molecule is CC.CC(/C=C(\N)C(C)C)=C(/N)NC1(c2ccc(Cl)cc2)CC1. The number of allylic oxidation sites excluding steroid dienone is 3. The van der Waals surface area contributed by atoms with Crippen molar-refractivity contribution in [1.29, 1.82) is 0 Å². The van der Waals surface area contributed by atoms with E-state index in [4.69, 9.17) is 23.1 Å². The van der Waals surface area contributed by atoms with E-state index in [9.17, 15) is 0 Å². The van der Waals surface area contributed by atoms with Gasteiger partial charge in [0.2, 0.25) is 0 Å². The first-order valence-electron chi connectivity index (χ1n) is 8.32. The Morgan fingerprint density at radius 3 is 2.13 bits per heavy atom. The molecule has 0 radical (unpaired) electrons. The second-order valence-corrected chi connectivity index (χ2v) is 6.55. The molecule has 0 saturated heterocycles. The largest absolute Gasteiger partial charge is 0.402 e. The fourth-order valence-corrected chi connectivity index (χ4v) is 2.36. The molecule has 0 spiro atoms. The van der Waals surface area contributed by atoms with E-state index in [2.05, 4.69) is 31.3 Å². The van der Waals surface area contributed by atoms with Gasteiger partial charge in [0, 0.05) is 10.7 Å². The molecule has 0 aliphatic heterocycles. The van der Waals surface area contributed by atoms with E-state index in [1.807, 2.05) is 39.0 Å². The summed E-state index contributed by atoms with van der Waals surface area (Å²) in [7, 11) is 0. The predicted octanol–water partition coefficient (Wildman–Crippen LogP) is 4.63. The van der Waals surface area contributed by atoms with Gasteiger partial charge in [-0.05, 0) is 55.0 Å². The second kappa shape index (κ2) is 8.30. The Morgan fingerprint density at radius 2 is 1.70 bits per heavy atom. The Balaban J connectivity index is 0.00000127. The van der Waals surface area contributed by atoms with E-state index in [-0.39, 0.29) is 5.54 Å². The molecule has 1 saturated carbocycles. The zero-order chi connectivity index (χ0) is 17.6. The second-order valence-electron chi connectivity index (χ2n) is 6.11. The van der Waals surface area contributed by atoms with Crippen molar-refractivity contribution < 1.29 is 0 Å². The fourth-order valence-electron chi connectivity index (χ4n) is 2.23. The molecule has 128 valence electrons. The number of nitrogens with one attached hydrogen (secondary N) is 1. The summed E-state index contributed by atoms with van der Waals surface area (Å²) in [5.74, 6) is 1.00. The maximum atomic E-state index is 6.20. The predicted molar refractivity (Wildman–Crippen MR) is 101 cm³/mol. The quantitative estimate of drug-likeness (QED) is 0.687. The van der Waals surface area contributed by atoms with Crippen molar-refractivity contribution in [2.75, 3.05) is 0 Å². The average molecular weight is 336 g/mol. The van der Waals surface area contributed by atoms with Crippen LogP contribution in [-0.4, -0.2) is 0 Å². The number of hydrogen-bond donors (Lipinski definition) is 3. The van der Waals surface area contributed by atoms with Crippen LogP contribution in [0.2, 0.25) is 5.02 Å². The molecule has 0 heterocycles. The van der Waals surface area contributed by atoms with Crippen molar-refractivity contribution in [3.63, 3.8) is 0 Å². The summed E-state index contributed by atoms with van der Waals surface area (Å²) in [5, 5.41) is 4.21. The molecule has 1 fully saturated rings. The lowest BCUT2D eigenvalue weighted by Gasteiger charge is -2.21. The topological polar surface area (TPSA) is 64.1 Å². The van der Waals surface area contributed by atoms with E-state index in [0.29, 0.717) is 11.7 Å². The smallest absolute Gasteiger partial charge is 0.0997 e. The van der Waals surface area contributed by atoms with Crippen LogP contribution in [0.3, 0.4) is 0 Å². The minimum atomic E-state index is -0.0453. The lowest BCUT2D eigenvalue weighted by atomic mass is 10.0. The molecule has 0 unspecified atom stereocenters. The van der Waals surface area contributed by atoms with Gasteiger partial charge in [-0.3, -0.25) is 0 Å². The highest BCUT2D eigenvalue weighted by Crippen LogP contribution is 2.46. The molecule has 0 bridgehead atoms. The fraction of sp³-hybridized carbons (Fsp3) is 0.474.